The average Bonchev–Trinajstić information content (AvgIpc) is 0.691. The second kappa shape index (κ2) is 50.9. The third-order valence-corrected chi connectivity index (χ3v) is 19.9. The predicted octanol–water partition coefficient (Wildman–Crippen LogP) is 17.8. The number of aliphatic carboxylic acids is 2. The van der Waals surface area contributed by atoms with Crippen molar-refractivity contribution >= 4 is 41.4 Å². The highest BCUT2D eigenvalue weighted by molar-refractivity contribution is 6.09. The summed E-state index contributed by atoms with van der Waals surface area (Å²) in [5.74, 6) is -11.7. The van der Waals surface area contributed by atoms with Gasteiger partial charge in [0.05, 0.1) is 18.0 Å². The van der Waals surface area contributed by atoms with Crippen molar-refractivity contribution in [1.82, 2.24) is 4.90 Å². The molecule has 0 aromatic heterocycles. The summed E-state index contributed by atoms with van der Waals surface area (Å²) in [6, 6.07) is -6.12. The first-order valence-electron chi connectivity index (χ1n) is 39.1. The molecule has 2 unspecified atom stereocenters. The van der Waals surface area contributed by atoms with Crippen LogP contribution in [-0.4, -0.2) is 122 Å². The molecule has 0 saturated carbocycles. The van der Waals surface area contributed by atoms with Crippen molar-refractivity contribution in [3.63, 3.8) is 0 Å². The highest BCUT2D eigenvalue weighted by Gasteiger charge is 2.74. The van der Waals surface area contributed by atoms with Gasteiger partial charge in [-0.2, -0.15) is 0 Å². The highest BCUT2D eigenvalue weighted by atomic mass is 16.6. The zero-order valence-electron chi connectivity index (χ0n) is 69.1. The molecule has 0 aliphatic carbocycles. The molecule has 106 heavy (non-hydrogen) atoms. The van der Waals surface area contributed by atoms with E-state index in [0.717, 1.165) is 141 Å². The van der Waals surface area contributed by atoms with Gasteiger partial charge in [-0.05, 0) is 257 Å². The molecule has 1 aliphatic rings. The Hall–Kier alpha value is -6.67. The monoisotopic (exact) mass is 1480 g/mol. The number of hydrogen-bond acceptors (Lipinski definition) is 14. The Morgan fingerprint density at radius 2 is 0.811 bits per heavy atom. The summed E-state index contributed by atoms with van der Waals surface area (Å²) in [6.07, 6.45) is 37.8. The minimum Gasteiger partial charge on any atom is -0.480 e. The lowest BCUT2D eigenvalue weighted by molar-refractivity contribution is -0.272. The molecule has 3 amide bonds. The molecule has 1 fully saturated rings. The summed E-state index contributed by atoms with van der Waals surface area (Å²) in [7, 11) is 0. The zero-order chi connectivity index (χ0) is 80.6. The van der Waals surface area contributed by atoms with Crippen molar-refractivity contribution in [1.29, 1.82) is 0 Å². The van der Waals surface area contributed by atoms with Crippen LogP contribution in [0.1, 0.15) is 293 Å². The molecule has 18 nitrogen and oxygen atoms in total. The Kier molecular flexibility index (Phi) is 46.7. The summed E-state index contributed by atoms with van der Waals surface area (Å²) >= 11 is 0. The molecule has 18 heteroatoms. The molecule has 0 radical (unpaired) electrons. The number of amides is 3. The van der Waals surface area contributed by atoms with Gasteiger partial charge in [-0.1, -0.05) is 167 Å². The van der Waals surface area contributed by atoms with E-state index >= 15 is 4.79 Å². The van der Waals surface area contributed by atoms with Crippen molar-refractivity contribution in [2.75, 3.05) is 6.61 Å². The number of ketones is 1. The van der Waals surface area contributed by atoms with E-state index in [0.29, 0.717) is 17.7 Å². The van der Waals surface area contributed by atoms with Gasteiger partial charge in [-0.25, -0.2) is 4.79 Å². The lowest BCUT2D eigenvalue weighted by Gasteiger charge is -2.59. The summed E-state index contributed by atoms with van der Waals surface area (Å²) < 4.78 is 18.7. The molecule has 598 valence electrons. The van der Waals surface area contributed by atoms with Crippen molar-refractivity contribution in [3.05, 3.63) is 140 Å². The highest BCUT2D eigenvalue weighted by Crippen LogP contribution is 2.47. The first-order valence-corrected chi connectivity index (χ1v) is 39.1. The van der Waals surface area contributed by atoms with Crippen LogP contribution in [0.25, 0.3) is 0 Å². The number of ether oxygens (including phenoxy) is 3. The Bertz CT molecular complexity index is 3110. The maximum Gasteiger partial charge on any atom is 0.332 e. The maximum absolute atomic E-state index is 15.8. The van der Waals surface area contributed by atoms with Crippen molar-refractivity contribution in [2.24, 2.45) is 40.7 Å². The topological polar surface area (TPSA) is 315 Å². The van der Waals surface area contributed by atoms with E-state index in [2.05, 4.69) is 144 Å². The quantitative estimate of drug-likeness (QED) is 0.0220. The predicted molar refractivity (Wildman–Crippen MR) is 433 cm³/mol. The molecule has 1 rings (SSSR count). The van der Waals surface area contributed by atoms with E-state index in [9.17, 15) is 44.1 Å². The van der Waals surface area contributed by atoms with E-state index < -0.39 is 120 Å². The molecule has 0 bridgehead atoms. The van der Waals surface area contributed by atoms with Gasteiger partial charge in [0.2, 0.25) is 17.7 Å². The van der Waals surface area contributed by atoms with Gasteiger partial charge in [0.25, 0.3) is 0 Å². The largest absolute Gasteiger partial charge is 0.480 e. The molecular formula is C88H143N5O13. The standard InChI is InChI=1S/C88H143N5O13/c1-58(2)31-21-33-62(9)35-23-37-64(11)39-25-41-66(13)43-27-45-68(15)47-29-49-70(17)51-53-74(54-52-71(18)50-30-48-69(16)46-28-44-67(14)42-26-40-65(12)38-24-36-63(10)34-22-32-59(3)4)85(102)104-57-77-78(95)79(105-72(19)83(98)99)80(91)88(106-77,81(96)75(89)55-60(5)6)87(86(92)103,56-76(90)84(100)101)93(73(20)94)82(97)61(7)8/h31-32,35-36,39-40,43-44,47-48,51-52,60-61,72,74-80,95H,21-30,33-34,37-38,41-42,45-46,49-50,53-57,89-91H2,1-20H3,(H2,92,103)(H,98,99)(H,100,101)/t72-,74?,75+,76?,77-,78-,79+,80-,87-,88?/m1/s1. The molecular weight excluding hydrogens is 1330 g/mol. The fourth-order valence-electron chi connectivity index (χ4n) is 13.2. The van der Waals surface area contributed by atoms with E-state index in [-0.39, 0.29) is 25.2 Å². The Balaban J connectivity index is 3.79. The van der Waals surface area contributed by atoms with Gasteiger partial charge in [-0.15, -0.1) is 0 Å². The number of aliphatic hydroxyl groups is 1. The van der Waals surface area contributed by atoms with Crippen LogP contribution in [0.2, 0.25) is 0 Å². The zero-order valence-corrected chi connectivity index (χ0v) is 69.1. The van der Waals surface area contributed by atoms with Crippen molar-refractivity contribution < 1.29 is 63.1 Å². The fourth-order valence-corrected chi connectivity index (χ4v) is 13.2. The van der Waals surface area contributed by atoms with Crippen LogP contribution in [0.3, 0.4) is 0 Å². The van der Waals surface area contributed by atoms with Crippen molar-refractivity contribution in [2.45, 2.75) is 346 Å². The molecule has 1 heterocycles. The first kappa shape index (κ1) is 97.3. The number of Topliss-reactive ketones (excluding diaryl/α,β-unsaturated/α-hetero) is 1. The van der Waals surface area contributed by atoms with E-state index in [1.165, 1.54) is 69.6 Å². The lowest BCUT2D eigenvalue weighted by atomic mass is 9.62. The SMILES string of the molecule is CC(=O)N(C(=O)C(C)C)[C@](CC(N)C(=O)O)(C(N)=O)C1(C(=O)[C@@H](N)CC(C)C)O[C@H](COC(=O)C(CC=C(C)CCC=C(C)CCC=C(C)CCC=C(C)CCC=C(C)CCC=C(C)C)CC=C(C)CCC=C(C)CCC=C(C)CCC=C(C)CCC=C(C)CCC=C(C)C)[C@@H](O)[C@H](O[C@H](C)C(=O)O)[C@H]1N. The molecule has 9 atom stereocenters. The van der Waals surface area contributed by atoms with E-state index in [1.54, 1.807) is 13.8 Å². The van der Waals surface area contributed by atoms with Crippen LogP contribution in [0, 0.1) is 17.8 Å². The molecule has 1 saturated heterocycles. The fraction of sp³-hybridized carbons (Fsp3) is 0.648. The number of carbonyl (C=O) groups is 7. The number of imide groups is 1. The Morgan fingerprint density at radius 1 is 0.491 bits per heavy atom. The minimum absolute atomic E-state index is 0.152. The normalized spacial score (nSPS) is 20.2. The van der Waals surface area contributed by atoms with Crippen LogP contribution >= 0.6 is 0 Å². The van der Waals surface area contributed by atoms with Crippen LogP contribution in [0.4, 0.5) is 0 Å². The number of allylic oxidation sites excluding steroid dienone is 24. The number of primary amides is 1. The maximum atomic E-state index is 15.8. The number of carbonyl (C=O) groups excluding carboxylic acids is 5. The number of nitrogens with two attached hydrogens (primary N) is 4. The number of nitrogens with zero attached hydrogens (tertiary/aromatic N) is 1. The van der Waals surface area contributed by atoms with Gasteiger partial charge >= 0.3 is 17.9 Å². The summed E-state index contributed by atoms with van der Waals surface area (Å²) in [6.45, 7) is 37.4. The smallest absolute Gasteiger partial charge is 0.332 e. The molecule has 0 aromatic rings. The van der Waals surface area contributed by atoms with Crippen molar-refractivity contribution in [3.8, 4) is 0 Å². The average molecular weight is 1480 g/mol. The molecule has 1 aliphatic heterocycles. The molecule has 11 N–H and O–H groups in total. The lowest BCUT2D eigenvalue weighted by Crippen LogP contribution is -2.87. The van der Waals surface area contributed by atoms with Gasteiger partial charge < -0.3 is 52.5 Å². The summed E-state index contributed by atoms with van der Waals surface area (Å²) in [5.41, 5.74) is 35.6. The summed E-state index contributed by atoms with van der Waals surface area (Å²) in [4.78, 5) is 99.9. The third kappa shape index (κ3) is 35.6. The number of carboxylic acid groups (broad SMARTS) is 2. The summed E-state index contributed by atoms with van der Waals surface area (Å²) in [5, 5.41) is 33.0. The molecule has 0 aromatic carbocycles. The third-order valence-electron chi connectivity index (χ3n) is 19.9. The van der Waals surface area contributed by atoms with Gasteiger partial charge in [0.1, 0.15) is 31.0 Å². The first-order chi connectivity index (χ1) is 49.6. The van der Waals surface area contributed by atoms with Gasteiger partial charge in [-0.3, -0.25) is 33.7 Å². The second-order valence-electron chi connectivity index (χ2n) is 31.6. The molecule has 0 spiro atoms. The number of carboxylic acids is 2. The number of hydrogen-bond donors (Lipinski definition) is 7. The Morgan fingerprint density at radius 3 is 1.08 bits per heavy atom. The van der Waals surface area contributed by atoms with Crippen LogP contribution in [0.5, 0.6) is 0 Å². The minimum atomic E-state index is -3.29. The van der Waals surface area contributed by atoms with E-state index in [4.69, 9.17) is 37.1 Å². The van der Waals surface area contributed by atoms with Crippen LogP contribution in [0.15, 0.2) is 140 Å². The number of esters is 1. The van der Waals surface area contributed by atoms with Gasteiger partial charge in [0, 0.05) is 19.3 Å². The van der Waals surface area contributed by atoms with Gasteiger partial charge in [0.15, 0.2) is 23.0 Å². The second-order valence-corrected chi connectivity index (χ2v) is 31.6. The number of aliphatic hydroxyl groups excluding tert-OH is 1. The Labute approximate surface area is 639 Å². The van der Waals surface area contributed by atoms with Crippen LogP contribution in [-0.2, 0) is 47.8 Å². The number of rotatable bonds is 51. The van der Waals surface area contributed by atoms with Crippen LogP contribution < -0.4 is 22.9 Å². The van der Waals surface area contributed by atoms with E-state index in [1.807, 2.05) is 26.0 Å².